The average molecular weight is 405 g/mol. The van der Waals surface area contributed by atoms with Gasteiger partial charge in [-0.2, -0.15) is 0 Å². The van der Waals surface area contributed by atoms with Crippen LogP contribution in [0.5, 0.6) is 0 Å². The lowest BCUT2D eigenvalue weighted by atomic mass is 9.49. The Bertz CT molecular complexity index is 725. The Morgan fingerprint density at radius 2 is 1.80 bits per heavy atom. The summed E-state index contributed by atoms with van der Waals surface area (Å²) in [6.07, 6.45) is 6.36. The average Bonchev–Trinajstić information content (AvgIpc) is 2.52. The van der Waals surface area contributed by atoms with E-state index in [1.54, 1.807) is 0 Å². The Kier molecular flexibility index (Phi) is 4.10. The van der Waals surface area contributed by atoms with Gasteiger partial charge in [0.2, 0.25) is 0 Å². The van der Waals surface area contributed by atoms with Crippen LogP contribution >= 0.6 is 15.9 Å². The molecule has 4 fully saturated rings. The number of carbonyl (C=O) groups excluding carboxylic acids is 2. The molecule has 3 nitrogen and oxygen atoms in total. The van der Waals surface area contributed by atoms with E-state index in [4.69, 9.17) is 4.74 Å². The largest absolute Gasteiger partial charge is 0.457 e. The summed E-state index contributed by atoms with van der Waals surface area (Å²) in [6, 6.07) is 5.64. The van der Waals surface area contributed by atoms with Crippen molar-refractivity contribution in [3.63, 3.8) is 0 Å². The topological polar surface area (TPSA) is 43.4 Å². The predicted octanol–water partition coefficient (Wildman–Crippen LogP) is 4.76. The first-order valence-corrected chi connectivity index (χ1v) is 10.0. The molecule has 1 aromatic carbocycles. The molecule has 4 bridgehead atoms. The Morgan fingerprint density at radius 3 is 2.40 bits per heavy atom. The van der Waals surface area contributed by atoms with Crippen molar-refractivity contribution in [3.8, 4) is 0 Å². The molecule has 4 aliphatic carbocycles. The van der Waals surface area contributed by atoms with Gasteiger partial charge >= 0.3 is 5.97 Å². The Morgan fingerprint density at radius 1 is 1.12 bits per heavy atom. The molecular formula is C21H25BrO3. The Labute approximate surface area is 157 Å². The lowest BCUT2D eigenvalue weighted by molar-refractivity contribution is -0.168. The minimum atomic E-state index is -0.364. The number of aryl methyl sites for hydroxylation is 2. The summed E-state index contributed by atoms with van der Waals surface area (Å²) < 4.78 is 5.67. The quantitative estimate of drug-likeness (QED) is 0.412. The summed E-state index contributed by atoms with van der Waals surface area (Å²) in [7, 11) is 0. The molecule has 0 saturated heterocycles. The number of ether oxygens (including phenoxy) is 1. The van der Waals surface area contributed by atoms with E-state index in [1.807, 2.05) is 32.0 Å². The van der Waals surface area contributed by atoms with Crippen LogP contribution in [0.1, 0.15) is 60.0 Å². The second kappa shape index (κ2) is 5.94. The van der Waals surface area contributed by atoms with Crippen molar-refractivity contribution in [1.82, 2.24) is 0 Å². The zero-order valence-electron chi connectivity index (χ0n) is 14.9. The third-order valence-corrected chi connectivity index (χ3v) is 7.51. The van der Waals surface area contributed by atoms with Crippen LogP contribution in [-0.4, -0.2) is 22.7 Å². The zero-order chi connectivity index (χ0) is 17.8. The summed E-state index contributed by atoms with van der Waals surface area (Å²) in [5, 5.41) is 0. The number of hydrogen-bond acceptors (Lipinski definition) is 3. The van der Waals surface area contributed by atoms with E-state index in [0.717, 1.165) is 30.4 Å². The first-order chi connectivity index (χ1) is 11.8. The SMILES string of the molecule is Cc1ccc(C(=O)COC(=O)C23CC4CC(CC(Br)(C4)C2)C3)cc1C. The number of ketones is 1. The van der Waals surface area contributed by atoms with Crippen molar-refractivity contribution in [2.45, 2.75) is 56.7 Å². The summed E-state index contributed by atoms with van der Waals surface area (Å²) >= 11 is 3.92. The number of alkyl halides is 1. The molecule has 4 heteroatoms. The van der Waals surface area contributed by atoms with Crippen LogP contribution in [0.2, 0.25) is 0 Å². The number of rotatable bonds is 4. The minimum absolute atomic E-state index is 0.116. The van der Waals surface area contributed by atoms with E-state index < -0.39 is 0 Å². The summed E-state index contributed by atoms with van der Waals surface area (Å²) in [4.78, 5) is 25.3. The number of halogens is 1. The van der Waals surface area contributed by atoms with Gasteiger partial charge in [-0.25, -0.2) is 0 Å². The molecule has 5 rings (SSSR count). The van der Waals surface area contributed by atoms with Gasteiger partial charge in [-0.1, -0.05) is 28.1 Å². The summed E-state index contributed by atoms with van der Waals surface area (Å²) in [5.41, 5.74) is 2.50. The normalized spacial score (nSPS) is 35.6. The van der Waals surface area contributed by atoms with Gasteiger partial charge in [-0.05, 0) is 81.4 Å². The molecule has 0 heterocycles. The van der Waals surface area contributed by atoms with E-state index in [2.05, 4.69) is 15.9 Å². The van der Waals surface area contributed by atoms with E-state index >= 15 is 0 Å². The molecular weight excluding hydrogens is 380 g/mol. The number of benzene rings is 1. The van der Waals surface area contributed by atoms with Crippen molar-refractivity contribution >= 4 is 27.7 Å². The van der Waals surface area contributed by atoms with Crippen LogP contribution in [0.3, 0.4) is 0 Å². The van der Waals surface area contributed by atoms with Gasteiger partial charge in [0.15, 0.2) is 12.4 Å². The molecule has 2 unspecified atom stereocenters. The van der Waals surface area contributed by atoms with Crippen LogP contribution in [0, 0.1) is 31.1 Å². The molecule has 4 saturated carbocycles. The minimum Gasteiger partial charge on any atom is -0.457 e. The molecule has 0 radical (unpaired) electrons. The molecule has 134 valence electrons. The smallest absolute Gasteiger partial charge is 0.312 e. The highest BCUT2D eigenvalue weighted by atomic mass is 79.9. The molecule has 2 atom stereocenters. The molecule has 0 N–H and O–H groups in total. The van der Waals surface area contributed by atoms with Gasteiger partial charge in [0, 0.05) is 9.89 Å². The number of hydrogen-bond donors (Lipinski definition) is 0. The first kappa shape index (κ1) is 17.3. The lowest BCUT2D eigenvalue weighted by Crippen LogP contribution is -2.56. The predicted molar refractivity (Wildman–Crippen MR) is 100.0 cm³/mol. The van der Waals surface area contributed by atoms with E-state index in [-0.39, 0.29) is 28.1 Å². The Balaban J connectivity index is 1.44. The highest BCUT2D eigenvalue weighted by Gasteiger charge is 2.60. The van der Waals surface area contributed by atoms with Crippen LogP contribution in [-0.2, 0) is 9.53 Å². The van der Waals surface area contributed by atoms with Crippen LogP contribution in [0.25, 0.3) is 0 Å². The molecule has 4 aliphatic rings. The summed E-state index contributed by atoms with van der Waals surface area (Å²) in [5.74, 6) is 0.990. The first-order valence-electron chi connectivity index (χ1n) is 9.25. The van der Waals surface area contributed by atoms with Crippen molar-refractivity contribution in [2.24, 2.45) is 17.3 Å². The highest BCUT2D eigenvalue weighted by molar-refractivity contribution is 9.10. The molecule has 0 aromatic heterocycles. The standard InChI is InChI=1S/C21H25BrO3/c1-13-3-4-17(5-14(13)2)18(23)11-25-19(24)20-7-15-6-16(8-20)10-21(22,9-15)12-20/h3-5,15-16H,6-12H2,1-2H3. The van der Waals surface area contributed by atoms with Crippen molar-refractivity contribution in [1.29, 1.82) is 0 Å². The van der Waals surface area contributed by atoms with Crippen molar-refractivity contribution in [3.05, 3.63) is 34.9 Å². The van der Waals surface area contributed by atoms with Gasteiger partial charge in [0.1, 0.15) is 0 Å². The maximum atomic E-state index is 12.9. The van der Waals surface area contributed by atoms with Crippen LogP contribution in [0.15, 0.2) is 18.2 Å². The highest BCUT2D eigenvalue weighted by Crippen LogP contribution is 2.64. The lowest BCUT2D eigenvalue weighted by Gasteiger charge is -2.58. The summed E-state index contributed by atoms with van der Waals surface area (Å²) in [6.45, 7) is 3.86. The second-order valence-corrected chi connectivity index (χ2v) is 10.4. The maximum Gasteiger partial charge on any atom is 0.312 e. The molecule has 25 heavy (non-hydrogen) atoms. The van der Waals surface area contributed by atoms with E-state index in [0.29, 0.717) is 17.4 Å². The van der Waals surface area contributed by atoms with Crippen molar-refractivity contribution < 1.29 is 14.3 Å². The molecule has 0 amide bonds. The van der Waals surface area contributed by atoms with E-state index in [9.17, 15) is 9.59 Å². The fraction of sp³-hybridized carbons (Fsp3) is 0.619. The fourth-order valence-corrected chi connectivity index (χ4v) is 7.12. The van der Waals surface area contributed by atoms with Crippen LogP contribution in [0.4, 0.5) is 0 Å². The number of esters is 1. The van der Waals surface area contributed by atoms with Gasteiger partial charge in [0.25, 0.3) is 0 Å². The molecule has 1 aromatic rings. The van der Waals surface area contributed by atoms with Gasteiger partial charge in [0.05, 0.1) is 5.41 Å². The zero-order valence-corrected chi connectivity index (χ0v) is 16.5. The third kappa shape index (κ3) is 3.07. The van der Waals surface area contributed by atoms with Crippen LogP contribution < -0.4 is 0 Å². The number of Topliss-reactive ketones (excluding diaryl/α,β-unsaturated/α-hetero) is 1. The fourth-order valence-electron chi connectivity index (χ4n) is 5.67. The van der Waals surface area contributed by atoms with Gasteiger partial charge in [-0.3, -0.25) is 9.59 Å². The maximum absolute atomic E-state index is 12.9. The third-order valence-electron chi connectivity index (χ3n) is 6.59. The van der Waals surface area contributed by atoms with Gasteiger partial charge in [-0.15, -0.1) is 0 Å². The van der Waals surface area contributed by atoms with Crippen molar-refractivity contribution in [2.75, 3.05) is 6.61 Å². The van der Waals surface area contributed by atoms with Gasteiger partial charge < -0.3 is 4.74 Å². The molecule has 0 spiro atoms. The van der Waals surface area contributed by atoms with E-state index in [1.165, 1.54) is 19.3 Å². The second-order valence-electron chi connectivity index (χ2n) is 8.69. The number of carbonyl (C=O) groups is 2. The Hall–Kier alpha value is -1.16. The monoisotopic (exact) mass is 404 g/mol. The molecule has 0 aliphatic heterocycles.